The van der Waals surface area contributed by atoms with Crippen LogP contribution in [0, 0.1) is 17.3 Å². The van der Waals surface area contributed by atoms with Crippen LogP contribution in [0.1, 0.15) is 52.9 Å². The fourth-order valence-electron chi connectivity index (χ4n) is 4.79. The Morgan fingerprint density at radius 3 is 2.57 bits per heavy atom. The summed E-state index contributed by atoms with van der Waals surface area (Å²) >= 11 is 0. The highest BCUT2D eigenvalue weighted by atomic mass is 16.6. The first-order chi connectivity index (χ1) is 9.75. The van der Waals surface area contributed by atoms with Gasteiger partial charge in [-0.25, -0.2) is 4.79 Å². The van der Waals surface area contributed by atoms with E-state index in [4.69, 9.17) is 9.47 Å². The fourth-order valence-corrected chi connectivity index (χ4v) is 4.79. The van der Waals surface area contributed by atoms with Crippen molar-refractivity contribution >= 4 is 11.9 Å². The third-order valence-corrected chi connectivity index (χ3v) is 5.97. The van der Waals surface area contributed by atoms with Crippen molar-refractivity contribution in [3.63, 3.8) is 0 Å². The summed E-state index contributed by atoms with van der Waals surface area (Å²) in [6, 6.07) is 0. The lowest BCUT2D eigenvalue weighted by atomic mass is 9.49. The molecular weight excluding hydrogens is 268 g/mol. The van der Waals surface area contributed by atoms with Crippen LogP contribution in [0.15, 0.2) is 12.2 Å². The van der Waals surface area contributed by atoms with Gasteiger partial charge in [-0.3, -0.25) is 4.79 Å². The molecule has 4 rings (SSSR count). The molecule has 4 fully saturated rings. The molecule has 4 nitrogen and oxygen atoms in total. The number of carbonyl (C=O) groups excluding carboxylic acids is 2. The number of fused-ring (bicyclic) bond motifs is 2. The predicted octanol–water partition coefficient (Wildman–Crippen LogP) is 3.01. The number of ether oxygens (including phenoxy) is 2. The maximum absolute atomic E-state index is 11.8. The van der Waals surface area contributed by atoms with Crippen molar-refractivity contribution in [1.29, 1.82) is 0 Å². The third kappa shape index (κ3) is 2.11. The Morgan fingerprint density at radius 2 is 2.10 bits per heavy atom. The summed E-state index contributed by atoms with van der Waals surface area (Å²) in [6.45, 7) is 9.40. The van der Waals surface area contributed by atoms with Crippen molar-refractivity contribution < 1.29 is 19.1 Å². The zero-order chi connectivity index (χ0) is 15.4. The van der Waals surface area contributed by atoms with Gasteiger partial charge in [0.15, 0.2) is 0 Å². The van der Waals surface area contributed by atoms with Crippen molar-refractivity contribution in [2.45, 2.75) is 64.6 Å². The number of hydrogen-bond donors (Lipinski definition) is 0. The van der Waals surface area contributed by atoms with Gasteiger partial charge in [0.1, 0.15) is 11.7 Å². The van der Waals surface area contributed by atoms with Crippen molar-refractivity contribution in [2.75, 3.05) is 0 Å². The molecule has 4 unspecified atom stereocenters. The van der Waals surface area contributed by atoms with Gasteiger partial charge in [0.2, 0.25) is 0 Å². The second-order valence-electron chi connectivity index (χ2n) is 7.52. The summed E-state index contributed by atoms with van der Waals surface area (Å²) in [4.78, 5) is 23.6. The highest BCUT2D eigenvalue weighted by Gasteiger charge is 2.64. The Bertz CT molecular complexity index is 507. The lowest BCUT2D eigenvalue weighted by molar-refractivity contribution is -0.175. The summed E-state index contributed by atoms with van der Waals surface area (Å²) in [5, 5.41) is 0. The zero-order valence-corrected chi connectivity index (χ0v) is 13.1. The monoisotopic (exact) mass is 292 g/mol. The smallest absolute Gasteiger partial charge is 0.333 e. The first kappa shape index (κ1) is 14.6. The molecule has 0 aromatic carbocycles. The van der Waals surface area contributed by atoms with Crippen LogP contribution in [0.2, 0.25) is 0 Å². The van der Waals surface area contributed by atoms with Gasteiger partial charge in [-0.2, -0.15) is 0 Å². The van der Waals surface area contributed by atoms with Crippen LogP contribution in [-0.2, 0) is 19.1 Å². The average molecular weight is 292 g/mol. The Labute approximate surface area is 125 Å². The maximum Gasteiger partial charge on any atom is 0.333 e. The van der Waals surface area contributed by atoms with E-state index in [9.17, 15) is 9.59 Å². The SMILES string of the molecule is C=C(C)C(=O)OC1CC2CCC1CC21CC(=O)OC1(C)C. The van der Waals surface area contributed by atoms with Crippen LogP contribution >= 0.6 is 0 Å². The standard InChI is InChI=1S/C17H24O4/c1-10(2)15(19)20-13-7-12-6-5-11(13)8-17(12)9-14(18)21-16(17,3)4/h11-13H,1,5-9H2,2-4H3. The summed E-state index contributed by atoms with van der Waals surface area (Å²) in [7, 11) is 0. The summed E-state index contributed by atoms with van der Waals surface area (Å²) < 4.78 is 11.2. The van der Waals surface area contributed by atoms with E-state index in [2.05, 4.69) is 6.58 Å². The van der Waals surface area contributed by atoms with Crippen LogP contribution in [0.5, 0.6) is 0 Å². The minimum atomic E-state index is -0.406. The molecule has 4 heteroatoms. The van der Waals surface area contributed by atoms with E-state index in [1.54, 1.807) is 6.92 Å². The maximum atomic E-state index is 11.8. The van der Waals surface area contributed by atoms with E-state index in [1.165, 1.54) is 0 Å². The van der Waals surface area contributed by atoms with E-state index in [1.807, 2.05) is 13.8 Å². The van der Waals surface area contributed by atoms with Gasteiger partial charge in [-0.15, -0.1) is 0 Å². The third-order valence-electron chi connectivity index (χ3n) is 5.97. The second kappa shape index (κ2) is 4.59. The molecule has 0 amide bonds. The van der Waals surface area contributed by atoms with Gasteiger partial charge in [-0.05, 0) is 58.3 Å². The molecule has 1 aliphatic heterocycles. The van der Waals surface area contributed by atoms with Crippen molar-refractivity contribution in [3.8, 4) is 0 Å². The lowest BCUT2D eigenvalue weighted by Gasteiger charge is -2.56. The topological polar surface area (TPSA) is 52.6 Å². The van der Waals surface area contributed by atoms with E-state index in [-0.39, 0.29) is 23.5 Å². The van der Waals surface area contributed by atoms with Crippen LogP contribution in [-0.4, -0.2) is 23.6 Å². The Kier molecular flexibility index (Phi) is 3.19. The molecular formula is C17H24O4. The normalized spacial score (nSPS) is 40.1. The van der Waals surface area contributed by atoms with Crippen molar-refractivity contribution in [2.24, 2.45) is 17.3 Å². The first-order valence-electron chi connectivity index (χ1n) is 7.83. The second-order valence-corrected chi connectivity index (χ2v) is 7.52. The highest BCUT2D eigenvalue weighted by Crippen LogP contribution is 2.63. The van der Waals surface area contributed by atoms with Crippen LogP contribution in [0.4, 0.5) is 0 Å². The fraction of sp³-hybridized carbons (Fsp3) is 0.765. The number of carbonyl (C=O) groups is 2. The Morgan fingerprint density at radius 1 is 1.38 bits per heavy atom. The molecule has 116 valence electrons. The van der Waals surface area contributed by atoms with Crippen LogP contribution < -0.4 is 0 Å². The molecule has 1 heterocycles. The molecule has 3 saturated carbocycles. The van der Waals surface area contributed by atoms with Gasteiger partial charge < -0.3 is 9.47 Å². The van der Waals surface area contributed by atoms with Crippen molar-refractivity contribution in [1.82, 2.24) is 0 Å². The van der Waals surface area contributed by atoms with E-state index < -0.39 is 5.60 Å². The minimum Gasteiger partial charge on any atom is -0.459 e. The van der Waals surface area contributed by atoms with E-state index >= 15 is 0 Å². The Balaban J connectivity index is 1.80. The molecule has 0 aromatic heterocycles. The summed E-state index contributed by atoms with van der Waals surface area (Å²) in [5.41, 5.74) is -0.0264. The highest BCUT2D eigenvalue weighted by molar-refractivity contribution is 5.87. The molecule has 0 radical (unpaired) electrons. The molecule has 4 aliphatic rings. The van der Waals surface area contributed by atoms with Gasteiger partial charge in [0, 0.05) is 11.0 Å². The van der Waals surface area contributed by atoms with E-state index in [0.717, 1.165) is 25.7 Å². The minimum absolute atomic E-state index is 0.0231. The molecule has 21 heavy (non-hydrogen) atoms. The molecule has 3 aliphatic carbocycles. The van der Waals surface area contributed by atoms with Gasteiger partial charge in [-0.1, -0.05) is 6.58 Å². The largest absolute Gasteiger partial charge is 0.459 e. The van der Waals surface area contributed by atoms with Gasteiger partial charge in [0.25, 0.3) is 0 Å². The molecule has 0 aromatic rings. The van der Waals surface area contributed by atoms with Gasteiger partial charge in [0.05, 0.1) is 6.42 Å². The number of esters is 2. The number of hydrogen-bond acceptors (Lipinski definition) is 4. The summed E-state index contributed by atoms with van der Waals surface area (Å²) in [5.74, 6) is 0.363. The first-order valence-corrected chi connectivity index (χ1v) is 7.83. The predicted molar refractivity (Wildman–Crippen MR) is 77.4 cm³/mol. The molecule has 2 bridgehead atoms. The number of rotatable bonds is 2. The number of cyclic esters (lactones) is 1. The van der Waals surface area contributed by atoms with E-state index in [0.29, 0.717) is 23.8 Å². The quantitative estimate of drug-likeness (QED) is 0.580. The molecule has 4 atom stereocenters. The molecule has 0 N–H and O–H groups in total. The van der Waals surface area contributed by atoms with Crippen LogP contribution in [0.3, 0.4) is 0 Å². The molecule has 1 spiro atoms. The van der Waals surface area contributed by atoms with Gasteiger partial charge >= 0.3 is 11.9 Å². The zero-order valence-electron chi connectivity index (χ0n) is 13.1. The lowest BCUT2D eigenvalue weighted by Crippen LogP contribution is -2.56. The van der Waals surface area contributed by atoms with Crippen molar-refractivity contribution in [3.05, 3.63) is 12.2 Å². The molecule has 1 saturated heterocycles. The Hall–Kier alpha value is -1.32. The van der Waals surface area contributed by atoms with Crippen LogP contribution in [0.25, 0.3) is 0 Å². The summed E-state index contributed by atoms with van der Waals surface area (Å²) in [6.07, 6.45) is 4.44. The average Bonchev–Trinajstić information content (AvgIpc) is 2.60.